The number of hydrogen-bond donors (Lipinski definition) is 1. The molecule has 0 aliphatic carbocycles. The van der Waals surface area contributed by atoms with Crippen LogP contribution in [0.5, 0.6) is 0 Å². The summed E-state index contributed by atoms with van der Waals surface area (Å²) in [5.41, 5.74) is 6.34. The summed E-state index contributed by atoms with van der Waals surface area (Å²) in [6.45, 7) is 8.69. The van der Waals surface area contributed by atoms with Crippen LogP contribution >= 0.6 is 0 Å². The zero-order valence-electron chi connectivity index (χ0n) is 11.5. The Morgan fingerprint density at radius 2 is 2.12 bits per heavy atom. The first-order valence-corrected chi connectivity index (χ1v) is 7.23. The molecule has 0 aromatic heterocycles. The lowest BCUT2D eigenvalue weighted by atomic mass is 9.85. The van der Waals surface area contributed by atoms with Crippen molar-refractivity contribution in [3.8, 4) is 0 Å². The molecule has 0 spiro atoms. The van der Waals surface area contributed by atoms with Gasteiger partial charge in [-0.05, 0) is 58.0 Å². The molecule has 0 aromatic rings. The summed E-state index contributed by atoms with van der Waals surface area (Å²) in [6, 6.07) is 0. The molecule has 2 fully saturated rings. The van der Waals surface area contributed by atoms with Crippen LogP contribution in [0.4, 0.5) is 0 Å². The van der Waals surface area contributed by atoms with Crippen LogP contribution in [0.3, 0.4) is 0 Å². The second kappa shape index (κ2) is 5.68. The van der Waals surface area contributed by atoms with Crippen molar-refractivity contribution in [3.63, 3.8) is 0 Å². The van der Waals surface area contributed by atoms with Gasteiger partial charge in [-0.3, -0.25) is 4.90 Å². The summed E-state index contributed by atoms with van der Waals surface area (Å²) in [6.07, 6.45) is 6.63. The second-order valence-electron chi connectivity index (χ2n) is 6.09. The van der Waals surface area contributed by atoms with Crippen molar-refractivity contribution in [1.29, 1.82) is 0 Å². The molecule has 3 unspecified atom stereocenters. The molecular weight excluding hydrogens is 212 g/mol. The van der Waals surface area contributed by atoms with E-state index in [2.05, 4.69) is 18.7 Å². The van der Waals surface area contributed by atoms with E-state index in [-0.39, 0.29) is 5.54 Å². The molecule has 3 atom stereocenters. The normalized spacial score (nSPS) is 41.1. The monoisotopic (exact) mass is 240 g/mol. The maximum atomic E-state index is 6.12. The van der Waals surface area contributed by atoms with Crippen molar-refractivity contribution in [2.24, 2.45) is 11.7 Å². The molecule has 3 nitrogen and oxygen atoms in total. The number of rotatable bonds is 2. The minimum Gasteiger partial charge on any atom is -0.378 e. The van der Waals surface area contributed by atoms with Gasteiger partial charge in [0.15, 0.2) is 0 Å². The fraction of sp³-hybridized carbons (Fsp3) is 1.00. The van der Waals surface area contributed by atoms with Crippen molar-refractivity contribution in [2.45, 2.75) is 57.6 Å². The number of nitrogens with zero attached hydrogens (tertiary/aromatic N) is 1. The molecule has 0 aromatic carbocycles. The smallest absolute Gasteiger partial charge is 0.0565 e. The van der Waals surface area contributed by atoms with E-state index >= 15 is 0 Å². The van der Waals surface area contributed by atoms with Gasteiger partial charge < -0.3 is 10.5 Å². The third-order valence-corrected chi connectivity index (χ3v) is 4.70. The summed E-state index contributed by atoms with van der Waals surface area (Å²) < 4.78 is 5.70. The lowest BCUT2D eigenvalue weighted by molar-refractivity contribution is -0.0630. The molecule has 0 bridgehead atoms. The van der Waals surface area contributed by atoms with Crippen molar-refractivity contribution in [2.75, 3.05) is 26.2 Å². The Hall–Kier alpha value is -0.120. The Kier molecular flexibility index (Phi) is 4.45. The molecule has 0 amide bonds. The van der Waals surface area contributed by atoms with E-state index in [0.29, 0.717) is 6.10 Å². The van der Waals surface area contributed by atoms with Gasteiger partial charge in [0.2, 0.25) is 0 Å². The van der Waals surface area contributed by atoms with Crippen LogP contribution < -0.4 is 5.73 Å². The highest BCUT2D eigenvalue weighted by atomic mass is 16.5. The SMILES string of the molecule is CC1CCCN(C2(CN)CCOC(C)C2)CC1. The Morgan fingerprint density at radius 1 is 1.29 bits per heavy atom. The maximum absolute atomic E-state index is 6.12. The number of nitrogens with two attached hydrogens (primary N) is 1. The largest absolute Gasteiger partial charge is 0.378 e. The zero-order chi connectivity index (χ0) is 12.3. The fourth-order valence-corrected chi connectivity index (χ4v) is 3.49. The van der Waals surface area contributed by atoms with Crippen LogP contribution in [0, 0.1) is 5.92 Å². The molecule has 2 aliphatic heterocycles. The van der Waals surface area contributed by atoms with Crippen LogP contribution in [0.15, 0.2) is 0 Å². The van der Waals surface area contributed by atoms with Crippen LogP contribution in [-0.2, 0) is 4.74 Å². The van der Waals surface area contributed by atoms with E-state index in [1.165, 1.54) is 32.4 Å². The summed E-state index contributed by atoms with van der Waals surface area (Å²) >= 11 is 0. The molecule has 0 saturated carbocycles. The van der Waals surface area contributed by atoms with Crippen molar-refractivity contribution < 1.29 is 4.74 Å². The molecule has 100 valence electrons. The summed E-state index contributed by atoms with van der Waals surface area (Å²) in [4.78, 5) is 2.68. The third kappa shape index (κ3) is 3.01. The average molecular weight is 240 g/mol. The lowest BCUT2D eigenvalue weighted by Gasteiger charge is -2.47. The predicted octanol–water partition coefficient (Wildman–Crippen LogP) is 2.00. The van der Waals surface area contributed by atoms with Gasteiger partial charge in [-0.25, -0.2) is 0 Å². The Balaban J connectivity index is 2.05. The average Bonchev–Trinajstić information content (AvgIpc) is 2.54. The zero-order valence-corrected chi connectivity index (χ0v) is 11.5. The van der Waals surface area contributed by atoms with E-state index in [9.17, 15) is 0 Å². The number of hydrogen-bond acceptors (Lipinski definition) is 3. The highest BCUT2D eigenvalue weighted by molar-refractivity contribution is 4.96. The molecular formula is C14H28N2O. The van der Waals surface area contributed by atoms with Crippen LogP contribution in [0.2, 0.25) is 0 Å². The number of ether oxygens (including phenoxy) is 1. The first-order chi connectivity index (χ1) is 8.16. The molecule has 0 radical (unpaired) electrons. The van der Waals surface area contributed by atoms with Crippen LogP contribution in [0.1, 0.15) is 46.0 Å². The molecule has 2 saturated heterocycles. The van der Waals surface area contributed by atoms with Crippen molar-refractivity contribution >= 4 is 0 Å². The summed E-state index contributed by atoms with van der Waals surface area (Å²) in [5, 5.41) is 0. The molecule has 2 heterocycles. The minimum atomic E-state index is 0.224. The Labute approximate surface area is 106 Å². The van der Waals surface area contributed by atoms with Crippen LogP contribution in [0.25, 0.3) is 0 Å². The quantitative estimate of drug-likeness (QED) is 0.802. The molecule has 2 rings (SSSR count). The van der Waals surface area contributed by atoms with Gasteiger partial charge >= 0.3 is 0 Å². The highest BCUT2D eigenvalue weighted by Crippen LogP contribution is 2.32. The van der Waals surface area contributed by atoms with E-state index in [4.69, 9.17) is 10.5 Å². The van der Waals surface area contributed by atoms with Gasteiger partial charge in [0.05, 0.1) is 6.10 Å². The molecule has 2 aliphatic rings. The molecule has 2 N–H and O–H groups in total. The number of likely N-dealkylation sites (tertiary alicyclic amines) is 1. The lowest BCUT2D eigenvalue weighted by Crippen LogP contribution is -2.58. The third-order valence-electron chi connectivity index (χ3n) is 4.70. The summed E-state index contributed by atoms with van der Waals surface area (Å²) in [7, 11) is 0. The first kappa shape index (κ1) is 13.3. The van der Waals surface area contributed by atoms with E-state index in [1.54, 1.807) is 0 Å². The van der Waals surface area contributed by atoms with Gasteiger partial charge in [0.25, 0.3) is 0 Å². The van der Waals surface area contributed by atoms with Gasteiger partial charge in [0, 0.05) is 18.7 Å². The summed E-state index contributed by atoms with van der Waals surface area (Å²) in [5.74, 6) is 0.882. The second-order valence-corrected chi connectivity index (χ2v) is 6.09. The van der Waals surface area contributed by atoms with Gasteiger partial charge in [-0.15, -0.1) is 0 Å². The first-order valence-electron chi connectivity index (χ1n) is 7.23. The Bertz CT molecular complexity index is 246. The highest BCUT2D eigenvalue weighted by Gasteiger charge is 2.39. The van der Waals surface area contributed by atoms with Crippen molar-refractivity contribution in [1.82, 2.24) is 4.90 Å². The fourth-order valence-electron chi connectivity index (χ4n) is 3.49. The Morgan fingerprint density at radius 3 is 2.82 bits per heavy atom. The van der Waals surface area contributed by atoms with E-state index in [1.807, 2.05) is 0 Å². The molecule has 3 heteroatoms. The van der Waals surface area contributed by atoms with E-state index in [0.717, 1.165) is 31.9 Å². The van der Waals surface area contributed by atoms with E-state index < -0.39 is 0 Å². The van der Waals surface area contributed by atoms with Gasteiger partial charge in [0.1, 0.15) is 0 Å². The predicted molar refractivity (Wildman–Crippen MR) is 71.0 cm³/mol. The maximum Gasteiger partial charge on any atom is 0.0565 e. The van der Waals surface area contributed by atoms with Gasteiger partial charge in [-0.1, -0.05) is 6.92 Å². The molecule has 17 heavy (non-hydrogen) atoms. The standard InChI is InChI=1S/C14H28N2O/c1-12-4-3-7-16(8-5-12)14(11-15)6-9-17-13(2)10-14/h12-13H,3-11,15H2,1-2H3. The van der Waals surface area contributed by atoms with Crippen LogP contribution in [-0.4, -0.2) is 42.8 Å². The van der Waals surface area contributed by atoms with Gasteiger partial charge in [-0.2, -0.15) is 0 Å². The topological polar surface area (TPSA) is 38.5 Å². The van der Waals surface area contributed by atoms with Crippen molar-refractivity contribution in [3.05, 3.63) is 0 Å². The minimum absolute atomic E-state index is 0.224.